The molecule has 0 bridgehead atoms. The number of nitrogen functional groups attached to an aromatic ring is 1. The van der Waals surface area contributed by atoms with Gasteiger partial charge in [-0.05, 0) is 44.9 Å². The number of imidazole rings is 1. The van der Waals surface area contributed by atoms with Crippen LogP contribution in [-0.2, 0) is 6.42 Å². The summed E-state index contributed by atoms with van der Waals surface area (Å²) >= 11 is 0. The number of nitrogens with zero attached hydrogens (tertiary/aromatic N) is 5. The van der Waals surface area contributed by atoms with Crippen LogP contribution in [0.15, 0.2) is 29.5 Å². The number of aliphatic imine (C=N–C) groups is 1. The fraction of sp³-hybridized carbons (Fsp3) is 0.440. The van der Waals surface area contributed by atoms with Crippen molar-refractivity contribution >= 4 is 35.0 Å². The van der Waals surface area contributed by atoms with Crippen LogP contribution in [0.5, 0.6) is 0 Å². The van der Waals surface area contributed by atoms with Crippen molar-refractivity contribution in [2.24, 2.45) is 4.99 Å². The molecular formula is C25H38N8O. The van der Waals surface area contributed by atoms with Gasteiger partial charge >= 0.3 is 0 Å². The van der Waals surface area contributed by atoms with Gasteiger partial charge in [0.1, 0.15) is 0 Å². The number of anilines is 3. The zero-order valence-electron chi connectivity index (χ0n) is 20.4. The molecule has 1 aliphatic rings. The first-order valence-electron chi connectivity index (χ1n) is 11.9. The van der Waals surface area contributed by atoms with Gasteiger partial charge in [-0.3, -0.25) is 14.8 Å². The Hall–Kier alpha value is -3.46. The zero-order chi connectivity index (χ0) is 24.2. The van der Waals surface area contributed by atoms with Crippen molar-refractivity contribution < 1.29 is 7.65 Å². The van der Waals surface area contributed by atoms with Crippen molar-refractivity contribution in [1.82, 2.24) is 19.7 Å². The Morgan fingerprint density at radius 1 is 1.26 bits per heavy atom. The van der Waals surface area contributed by atoms with Gasteiger partial charge in [0, 0.05) is 52.7 Å². The molecule has 0 atom stereocenters. The summed E-state index contributed by atoms with van der Waals surface area (Å²) in [7, 11) is 1.71. The van der Waals surface area contributed by atoms with Crippen molar-refractivity contribution in [2.45, 2.75) is 46.1 Å². The van der Waals surface area contributed by atoms with Gasteiger partial charge in [0.05, 0.1) is 28.8 Å². The van der Waals surface area contributed by atoms with Gasteiger partial charge in [0.2, 0.25) is 0 Å². The summed E-state index contributed by atoms with van der Waals surface area (Å²) in [6.45, 7) is 8.96. The van der Waals surface area contributed by atoms with Crippen LogP contribution in [0.3, 0.4) is 0 Å². The molecule has 0 aliphatic carbocycles. The van der Waals surface area contributed by atoms with Gasteiger partial charge in [-0.25, -0.2) is 4.98 Å². The summed E-state index contributed by atoms with van der Waals surface area (Å²) in [6, 6.07) is 4.31. The van der Waals surface area contributed by atoms with Crippen molar-refractivity contribution in [3.8, 4) is 0 Å². The van der Waals surface area contributed by atoms with E-state index in [0.29, 0.717) is 23.1 Å². The zero-order valence-corrected chi connectivity index (χ0v) is 20.4. The highest BCUT2D eigenvalue weighted by Gasteiger charge is 2.23. The normalized spacial score (nSPS) is 14.9. The number of nitrogens with one attached hydrogen (secondary N) is 2. The average molecular weight is 467 g/mol. The number of aryl methyl sites for hydroxylation is 2. The van der Waals surface area contributed by atoms with E-state index in [4.69, 9.17) is 5.73 Å². The molecule has 1 aromatic carbocycles. The third-order valence-corrected chi connectivity index (χ3v) is 6.35. The minimum atomic E-state index is -0.301. The molecule has 1 aliphatic heterocycles. The Morgan fingerprint density at radius 2 is 2.03 bits per heavy atom. The number of hydrogen-bond donors (Lipinski definition) is 3. The third kappa shape index (κ3) is 4.75. The number of carbonyl (C=O) groups excluding carboxylic acids is 1. The minimum absolute atomic E-state index is 0. The minimum Gasteiger partial charge on any atom is -0.397 e. The van der Waals surface area contributed by atoms with E-state index in [-0.39, 0.29) is 8.76 Å². The first-order valence-corrected chi connectivity index (χ1v) is 11.9. The quantitative estimate of drug-likeness (QED) is 0.363. The number of hydrogen-bond acceptors (Lipinski definition) is 7. The van der Waals surface area contributed by atoms with E-state index in [9.17, 15) is 4.79 Å². The molecule has 0 saturated carbocycles. The van der Waals surface area contributed by atoms with Gasteiger partial charge in [-0.2, -0.15) is 0 Å². The first-order chi connectivity index (χ1) is 16.4. The Bertz CT molecular complexity index is 1220. The Balaban J connectivity index is 0.00000228. The van der Waals surface area contributed by atoms with Crippen molar-refractivity contribution in [2.75, 3.05) is 42.6 Å². The van der Waals surface area contributed by atoms with Crippen LogP contribution in [0.25, 0.3) is 5.65 Å². The average Bonchev–Trinajstić information content (AvgIpc) is 3.24. The SMILES string of the molecule is CCNC1CCN(c2ccc(C(=O)Nc3cn4cc(CC)nc(C)c4n3)c(N)c2C=NC)CC1.[HH].[HH]. The standard InChI is InChI=1S/C25H34N8O.2H2/c1-5-17-14-33-15-22(30-24(33)16(3)29-17)31-25(34)19-7-8-21(20(13-27-4)23(19)26)32-11-9-18(10-12-32)28-6-2;;/h7-8,13-15,18,28H,5-6,9-12,26H2,1-4H3,(H,31,34);2*1H. The smallest absolute Gasteiger partial charge is 0.258 e. The summed E-state index contributed by atoms with van der Waals surface area (Å²) < 4.78 is 1.90. The number of aromatic nitrogens is 3. The molecule has 34 heavy (non-hydrogen) atoms. The van der Waals surface area contributed by atoms with Gasteiger partial charge in [-0.15, -0.1) is 0 Å². The van der Waals surface area contributed by atoms with Crippen LogP contribution in [-0.4, -0.2) is 59.2 Å². The predicted molar refractivity (Wildman–Crippen MR) is 143 cm³/mol. The second-order valence-electron chi connectivity index (χ2n) is 8.65. The molecule has 9 heteroatoms. The lowest BCUT2D eigenvalue weighted by Gasteiger charge is -2.35. The molecule has 2 aromatic heterocycles. The number of amides is 1. The van der Waals surface area contributed by atoms with Crippen molar-refractivity contribution in [3.05, 3.63) is 47.0 Å². The number of rotatable bonds is 7. The molecule has 0 radical (unpaired) electrons. The Kier molecular flexibility index (Phi) is 7.12. The molecule has 184 valence electrons. The predicted octanol–water partition coefficient (Wildman–Crippen LogP) is 3.55. The van der Waals surface area contributed by atoms with Crippen LogP contribution in [0.4, 0.5) is 17.2 Å². The molecule has 9 nitrogen and oxygen atoms in total. The Labute approximate surface area is 203 Å². The first kappa shape index (κ1) is 23.7. The summed E-state index contributed by atoms with van der Waals surface area (Å²) in [4.78, 5) is 28.8. The summed E-state index contributed by atoms with van der Waals surface area (Å²) in [5, 5.41) is 6.43. The van der Waals surface area contributed by atoms with Crippen molar-refractivity contribution in [1.29, 1.82) is 0 Å². The van der Waals surface area contributed by atoms with E-state index in [1.165, 1.54) is 0 Å². The number of benzene rings is 1. The van der Waals surface area contributed by atoms with E-state index in [0.717, 1.165) is 67.2 Å². The van der Waals surface area contributed by atoms with E-state index >= 15 is 0 Å². The lowest BCUT2D eigenvalue weighted by atomic mass is 10.00. The number of fused-ring (bicyclic) bond motifs is 1. The van der Waals surface area contributed by atoms with Crippen LogP contribution in [0, 0.1) is 6.92 Å². The number of nitrogens with two attached hydrogens (primary N) is 1. The topological polar surface area (TPSA) is 113 Å². The number of carbonyl (C=O) groups is 1. The molecular weight excluding hydrogens is 428 g/mol. The molecule has 1 fully saturated rings. The summed E-state index contributed by atoms with van der Waals surface area (Å²) in [6.07, 6.45) is 8.44. The highest BCUT2D eigenvalue weighted by Crippen LogP contribution is 2.30. The second-order valence-corrected chi connectivity index (χ2v) is 8.65. The lowest BCUT2D eigenvalue weighted by Crippen LogP contribution is -2.42. The van der Waals surface area contributed by atoms with Gasteiger partial charge in [0.15, 0.2) is 11.5 Å². The maximum atomic E-state index is 13.2. The van der Waals surface area contributed by atoms with Crippen LogP contribution in [0.1, 0.15) is 56.9 Å². The summed E-state index contributed by atoms with van der Waals surface area (Å²) in [5.74, 6) is 0.160. The Morgan fingerprint density at radius 3 is 2.71 bits per heavy atom. The van der Waals surface area contributed by atoms with E-state index in [1.807, 2.05) is 23.6 Å². The van der Waals surface area contributed by atoms with Crippen molar-refractivity contribution in [3.63, 3.8) is 0 Å². The van der Waals surface area contributed by atoms with E-state index in [1.54, 1.807) is 25.5 Å². The van der Waals surface area contributed by atoms with Crippen LogP contribution >= 0.6 is 0 Å². The molecule has 3 aromatic rings. The largest absolute Gasteiger partial charge is 0.397 e. The lowest BCUT2D eigenvalue weighted by molar-refractivity contribution is 0.102. The molecule has 0 spiro atoms. The van der Waals surface area contributed by atoms with E-state index < -0.39 is 0 Å². The fourth-order valence-electron chi connectivity index (χ4n) is 4.61. The maximum absolute atomic E-state index is 13.2. The molecule has 4 rings (SSSR count). The van der Waals surface area contributed by atoms with Gasteiger partial charge in [0.25, 0.3) is 5.91 Å². The van der Waals surface area contributed by atoms with Crippen LogP contribution in [0.2, 0.25) is 0 Å². The molecule has 0 unspecified atom stereocenters. The molecule has 4 N–H and O–H groups in total. The third-order valence-electron chi connectivity index (χ3n) is 6.35. The van der Waals surface area contributed by atoms with Gasteiger partial charge < -0.3 is 25.7 Å². The van der Waals surface area contributed by atoms with Crippen LogP contribution < -0.4 is 21.3 Å². The second kappa shape index (κ2) is 10.2. The summed E-state index contributed by atoms with van der Waals surface area (Å²) in [5.41, 5.74) is 11.6. The molecule has 3 heterocycles. The molecule has 1 amide bonds. The highest BCUT2D eigenvalue weighted by atomic mass is 16.1. The maximum Gasteiger partial charge on any atom is 0.258 e. The monoisotopic (exact) mass is 466 g/mol. The van der Waals surface area contributed by atoms with E-state index in [2.05, 4.69) is 44.3 Å². The fourth-order valence-corrected chi connectivity index (χ4v) is 4.61. The number of piperidine rings is 1. The molecule has 1 saturated heterocycles. The van der Waals surface area contributed by atoms with Gasteiger partial charge in [-0.1, -0.05) is 13.8 Å². The highest BCUT2D eigenvalue weighted by molar-refractivity contribution is 6.11.